The van der Waals surface area contributed by atoms with Crippen LogP contribution in [0.4, 0.5) is 9.32 Å². The van der Waals surface area contributed by atoms with Gasteiger partial charge in [0.1, 0.15) is 11.6 Å². The maximum absolute atomic E-state index is 12.1. The summed E-state index contributed by atoms with van der Waals surface area (Å²) >= 11 is 0. The lowest BCUT2D eigenvalue weighted by molar-refractivity contribution is -0.186. The predicted octanol–water partition coefficient (Wildman–Crippen LogP) is 2.55. The molecule has 1 unspecified atom stereocenters. The van der Waals surface area contributed by atoms with E-state index in [1.807, 2.05) is 6.07 Å². The summed E-state index contributed by atoms with van der Waals surface area (Å²) in [5.41, 5.74) is 0.0556. The van der Waals surface area contributed by atoms with Crippen LogP contribution < -0.4 is 5.32 Å². The number of nitrogens with one attached hydrogen (secondary N) is 1. The normalized spacial score (nSPS) is 12.4. The second-order valence-electron chi connectivity index (χ2n) is 5.28. The number of carbonyl (C=O) groups is 2. The fourth-order valence-electron chi connectivity index (χ4n) is 1.55. The minimum Gasteiger partial charge on any atom is -0.444 e. The molecule has 0 aliphatic heterocycles. The molecule has 0 aliphatic carbocycles. The van der Waals surface area contributed by atoms with Crippen molar-refractivity contribution in [1.82, 2.24) is 5.32 Å². The first-order chi connectivity index (χ1) is 9.31. The van der Waals surface area contributed by atoms with E-state index in [1.165, 1.54) is 0 Å². The molecule has 1 rings (SSSR count). The molecule has 0 bridgehead atoms. The largest absolute Gasteiger partial charge is 0.444 e. The lowest BCUT2D eigenvalue weighted by Gasteiger charge is -2.22. The summed E-state index contributed by atoms with van der Waals surface area (Å²) < 4.78 is 17.1. The first-order valence-corrected chi connectivity index (χ1v) is 6.17. The zero-order chi connectivity index (χ0) is 15.2. The Bertz CT molecular complexity index is 456. The Labute approximate surface area is 117 Å². The van der Waals surface area contributed by atoms with Gasteiger partial charge in [-0.15, -0.1) is 0 Å². The third-order valence-corrected chi connectivity index (χ3v) is 2.33. The average Bonchev–Trinajstić information content (AvgIpc) is 2.36. The number of rotatable bonds is 4. The van der Waals surface area contributed by atoms with Gasteiger partial charge in [-0.1, -0.05) is 30.3 Å². The molecule has 1 aromatic carbocycles. The zero-order valence-corrected chi connectivity index (χ0v) is 11.7. The van der Waals surface area contributed by atoms with E-state index in [4.69, 9.17) is 4.74 Å². The number of amides is 1. The summed E-state index contributed by atoms with van der Waals surface area (Å²) in [7, 11) is 0. The highest BCUT2D eigenvalue weighted by Crippen LogP contribution is 2.09. The lowest BCUT2D eigenvalue weighted by Crippen LogP contribution is -2.45. The first-order valence-electron chi connectivity index (χ1n) is 6.17. The number of carbonyl (C=O) groups excluding carboxylic acids is 2. The molecule has 1 atom stereocenters. The highest BCUT2D eigenvalue weighted by molar-refractivity contribution is 5.81. The van der Waals surface area contributed by atoms with Crippen LogP contribution in [-0.4, -0.2) is 23.7 Å². The van der Waals surface area contributed by atoms with Gasteiger partial charge >= 0.3 is 12.1 Å². The quantitative estimate of drug-likeness (QED) is 0.922. The van der Waals surface area contributed by atoms with Crippen molar-refractivity contribution >= 4 is 12.1 Å². The molecule has 20 heavy (non-hydrogen) atoms. The third-order valence-electron chi connectivity index (χ3n) is 2.33. The van der Waals surface area contributed by atoms with Crippen molar-refractivity contribution in [2.75, 3.05) is 0 Å². The number of hydrogen-bond acceptors (Lipinski definition) is 4. The molecule has 1 N–H and O–H groups in total. The zero-order valence-electron chi connectivity index (χ0n) is 11.7. The Morgan fingerprint density at radius 2 is 1.85 bits per heavy atom. The number of hydrogen-bond donors (Lipinski definition) is 1. The average molecular weight is 283 g/mol. The Kier molecular flexibility index (Phi) is 5.49. The summed E-state index contributed by atoms with van der Waals surface area (Å²) in [6, 6.07) is 7.75. The van der Waals surface area contributed by atoms with Crippen LogP contribution in [-0.2, 0) is 20.9 Å². The Hall–Kier alpha value is -2.11. The SMILES string of the molecule is CC(C)(C)OC(=O)NC(Cc1ccccc1)C(=O)OF. The highest BCUT2D eigenvalue weighted by atomic mass is 19.3. The van der Waals surface area contributed by atoms with E-state index >= 15 is 0 Å². The standard InChI is InChI=1S/C14H18FNO4/c1-14(2,3)19-13(18)16-11(12(17)20-15)9-10-7-5-4-6-8-10/h4-8,11H,9H2,1-3H3,(H,16,18). The van der Waals surface area contributed by atoms with Crippen molar-refractivity contribution in [2.45, 2.75) is 38.8 Å². The number of halogens is 1. The van der Waals surface area contributed by atoms with Crippen LogP contribution >= 0.6 is 0 Å². The van der Waals surface area contributed by atoms with E-state index in [9.17, 15) is 14.1 Å². The van der Waals surface area contributed by atoms with Crippen LogP contribution in [0, 0.1) is 0 Å². The van der Waals surface area contributed by atoms with Crippen molar-refractivity contribution in [3.05, 3.63) is 35.9 Å². The van der Waals surface area contributed by atoms with Gasteiger partial charge in [-0.3, -0.25) is 4.94 Å². The Morgan fingerprint density at radius 1 is 1.25 bits per heavy atom. The van der Waals surface area contributed by atoms with Crippen LogP contribution in [0.3, 0.4) is 0 Å². The summed E-state index contributed by atoms with van der Waals surface area (Å²) in [5, 5.41) is 2.30. The fraction of sp³-hybridized carbons (Fsp3) is 0.429. The number of alkyl carbamates (subject to hydrolysis) is 1. The van der Waals surface area contributed by atoms with Gasteiger partial charge in [-0.05, 0) is 26.3 Å². The topological polar surface area (TPSA) is 64.6 Å². The van der Waals surface area contributed by atoms with Crippen LogP contribution in [0.2, 0.25) is 0 Å². The lowest BCUT2D eigenvalue weighted by atomic mass is 10.1. The van der Waals surface area contributed by atoms with E-state index in [2.05, 4.69) is 10.3 Å². The second-order valence-corrected chi connectivity index (χ2v) is 5.28. The minimum absolute atomic E-state index is 0.114. The first kappa shape index (κ1) is 15.9. The molecule has 0 radical (unpaired) electrons. The van der Waals surface area contributed by atoms with E-state index in [0.29, 0.717) is 0 Å². The van der Waals surface area contributed by atoms with Crippen molar-refractivity contribution in [3.8, 4) is 0 Å². The summed E-state index contributed by atoms with van der Waals surface area (Å²) in [6.07, 6.45) is -0.688. The van der Waals surface area contributed by atoms with Gasteiger partial charge in [-0.2, -0.15) is 0 Å². The smallest absolute Gasteiger partial charge is 0.408 e. The summed E-state index contributed by atoms with van der Waals surface area (Å²) in [5.74, 6) is -1.17. The molecule has 6 heteroatoms. The third kappa shape index (κ3) is 5.69. The molecule has 0 aromatic heterocycles. The van der Waals surface area contributed by atoms with Gasteiger partial charge in [0.25, 0.3) is 0 Å². The van der Waals surface area contributed by atoms with Crippen molar-refractivity contribution in [2.24, 2.45) is 0 Å². The predicted molar refractivity (Wildman–Crippen MR) is 70.5 cm³/mol. The Balaban J connectivity index is 2.70. The molecule has 0 saturated heterocycles. The molecule has 0 aliphatic rings. The highest BCUT2D eigenvalue weighted by Gasteiger charge is 2.26. The molecule has 1 aromatic rings. The van der Waals surface area contributed by atoms with Gasteiger partial charge in [0.2, 0.25) is 0 Å². The number of ether oxygens (including phenoxy) is 1. The van der Waals surface area contributed by atoms with E-state index in [1.54, 1.807) is 45.0 Å². The molecule has 0 spiro atoms. The van der Waals surface area contributed by atoms with E-state index in [-0.39, 0.29) is 6.42 Å². The van der Waals surface area contributed by atoms with Crippen LogP contribution in [0.1, 0.15) is 26.3 Å². The molecule has 0 fully saturated rings. The van der Waals surface area contributed by atoms with Gasteiger partial charge in [-0.25, -0.2) is 9.59 Å². The van der Waals surface area contributed by atoms with Crippen molar-refractivity contribution < 1.29 is 23.8 Å². The van der Waals surface area contributed by atoms with Crippen molar-refractivity contribution in [3.63, 3.8) is 0 Å². The van der Waals surface area contributed by atoms with Gasteiger partial charge in [0.05, 0.1) is 0 Å². The number of benzene rings is 1. The van der Waals surface area contributed by atoms with Crippen LogP contribution in [0.5, 0.6) is 0 Å². The summed E-state index contributed by atoms with van der Waals surface area (Å²) in [4.78, 5) is 26.2. The van der Waals surface area contributed by atoms with Crippen LogP contribution in [0.15, 0.2) is 30.3 Å². The second kappa shape index (κ2) is 6.88. The molecule has 110 valence electrons. The van der Waals surface area contributed by atoms with Crippen molar-refractivity contribution in [1.29, 1.82) is 0 Å². The molecule has 0 saturated carbocycles. The molecular weight excluding hydrogens is 265 g/mol. The fourth-order valence-corrected chi connectivity index (χ4v) is 1.55. The van der Waals surface area contributed by atoms with Gasteiger partial charge in [0, 0.05) is 10.9 Å². The maximum atomic E-state index is 12.1. The van der Waals surface area contributed by atoms with Gasteiger partial charge in [0.15, 0.2) is 0 Å². The molecular formula is C14H18FNO4. The van der Waals surface area contributed by atoms with E-state index < -0.39 is 23.7 Å². The molecule has 5 nitrogen and oxygen atoms in total. The maximum Gasteiger partial charge on any atom is 0.408 e. The Morgan fingerprint density at radius 3 is 2.35 bits per heavy atom. The minimum atomic E-state index is -1.17. The molecule has 1 amide bonds. The van der Waals surface area contributed by atoms with E-state index in [0.717, 1.165) is 5.56 Å². The van der Waals surface area contributed by atoms with Gasteiger partial charge < -0.3 is 10.1 Å². The monoisotopic (exact) mass is 283 g/mol. The summed E-state index contributed by atoms with van der Waals surface area (Å²) in [6.45, 7) is 5.06. The molecule has 0 heterocycles. The van der Waals surface area contributed by atoms with Crippen LogP contribution in [0.25, 0.3) is 0 Å².